The van der Waals surface area contributed by atoms with E-state index in [9.17, 15) is 17.6 Å². The third-order valence-corrected chi connectivity index (χ3v) is 0.749. The molecule has 1 atom stereocenters. The molecular weight excluding hydrogens is 152 g/mol. The molecule has 0 saturated heterocycles. The van der Waals surface area contributed by atoms with Crippen molar-refractivity contribution in [2.24, 2.45) is 0 Å². The van der Waals surface area contributed by atoms with E-state index in [0.717, 1.165) is 0 Å². The SMILES string of the molecule is CCC(F)OCC(F)(F)F. The second-order valence-electron chi connectivity index (χ2n) is 1.74. The van der Waals surface area contributed by atoms with Gasteiger partial charge in [0.25, 0.3) is 0 Å². The molecule has 62 valence electrons. The van der Waals surface area contributed by atoms with Crippen molar-refractivity contribution in [3.8, 4) is 0 Å². The fourth-order valence-corrected chi connectivity index (χ4v) is 0.303. The second kappa shape index (κ2) is 3.75. The molecule has 1 nitrogen and oxygen atoms in total. The predicted molar refractivity (Wildman–Crippen MR) is 27.2 cm³/mol. The van der Waals surface area contributed by atoms with Crippen molar-refractivity contribution in [1.29, 1.82) is 0 Å². The number of alkyl halides is 4. The number of halogens is 4. The third kappa shape index (κ3) is 5.81. The predicted octanol–water partition coefficient (Wildman–Crippen LogP) is 2.27. The van der Waals surface area contributed by atoms with Crippen LogP contribution in [-0.2, 0) is 4.74 Å². The van der Waals surface area contributed by atoms with Crippen LogP contribution in [0.1, 0.15) is 13.3 Å². The lowest BCUT2D eigenvalue weighted by Gasteiger charge is -2.09. The highest BCUT2D eigenvalue weighted by Crippen LogP contribution is 2.16. The smallest absolute Gasteiger partial charge is 0.339 e. The van der Waals surface area contributed by atoms with Gasteiger partial charge in [-0.2, -0.15) is 13.2 Å². The van der Waals surface area contributed by atoms with Crippen LogP contribution in [0.4, 0.5) is 17.6 Å². The molecule has 0 aliphatic carbocycles. The lowest BCUT2D eigenvalue weighted by molar-refractivity contribution is -0.201. The summed E-state index contributed by atoms with van der Waals surface area (Å²) in [5, 5.41) is 0. The topological polar surface area (TPSA) is 9.23 Å². The first-order valence-corrected chi connectivity index (χ1v) is 2.78. The molecule has 0 bridgehead atoms. The zero-order valence-corrected chi connectivity index (χ0v) is 5.41. The molecule has 0 rings (SSSR count). The largest absolute Gasteiger partial charge is 0.411 e. The number of hydrogen-bond acceptors (Lipinski definition) is 1. The number of ether oxygens (including phenoxy) is 1. The minimum atomic E-state index is -4.43. The summed E-state index contributed by atoms with van der Waals surface area (Å²) < 4.78 is 49.5. The van der Waals surface area contributed by atoms with Crippen LogP contribution < -0.4 is 0 Å². The Morgan fingerprint density at radius 3 is 2.20 bits per heavy atom. The Labute approximate surface area is 56.0 Å². The standard InChI is InChI=1S/C5H8F4O/c1-2-4(6)10-3-5(7,8)9/h4H,2-3H2,1H3. The number of hydrogen-bond donors (Lipinski definition) is 0. The van der Waals surface area contributed by atoms with Gasteiger partial charge in [0.1, 0.15) is 6.61 Å². The molecule has 0 amide bonds. The molecule has 1 unspecified atom stereocenters. The maximum atomic E-state index is 11.9. The Kier molecular flexibility index (Phi) is 3.63. The Balaban J connectivity index is 3.36. The average molecular weight is 160 g/mol. The van der Waals surface area contributed by atoms with Crippen LogP contribution in [0, 0.1) is 0 Å². The first-order valence-electron chi connectivity index (χ1n) is 2.78. The Morgan fingerprint density at radius 1 is 1.40 bits per heavy atom. The van der Waals surface area contributed by atoms with Gasteiger partial charge < -0.3 is 4.74 Å². The fourth-order valence-electron chi connectivity index (χ4n) is 0.303. The summed E-state index contributed by atoms with van der Waals surface area (Å²) in [5.41, 5.74) is 0. The molecule has 5 heteroatoms. The van der Waals surface area contributed by atoms with Crippen LogP contribution in [0.15, 0.2) is 0 Å². The lowest BCUT2D eigenvalue weighted by Crippen LogP contribution is -2.20. The molecule has 0 aliphatic rings. The summed E-state index contributed by atoms with van der Waals surface area (Å²) >= 11 is 0. The van der Waals surface area contributed by atoms with Crippen molar-refractivity contribution in [2.45, 2.75) is 25.9 Å². The molecule has 0 N–H and O–H groups in total. The first kappa shape index (κ1) is 9.68. The van der Waals surface area contributed by atoms with Gasteiger partial charge in [0.2, 0.25) is 0 Å². The minimum absolute atomic E-state index is 0.0594. The van der Waals surface area contributed by atoms with E-state index in [-0.39, 0.29) is 6.42 Å². The van der Waals surface area contributed by atoms with Crippen LogP contribution in [0.2, 0.25) is 0 Å². The molecule has 0 spiro atoms. The summed E-state index contributed by atoms with van der Waals surface area (Å²) in [6.45, 7) is -0.108. The van der Waals surface area contributed by atoms with Gasteiger partial charge in [0.15, 0.2) is 6.36 Å². The van der Waals surface area contributed by atoms with Gasteiger partial charge in [0, 0.05) is 6.42 Å². The van der Waals surface area contributed by atoms with Crippen molar-refractivity contribution in [3.05, 3.63) is 0 Å². The van der Waals surface area contributed by atoms with E-state index in [4.69, 9.17) is 0 Å². The average Bonchev–Trinajstić information content (AvgIpc) is 1.81. The van der Waals surface area contributed by atoms with E-state index >= 15 is 0 Å². The van der Waals surface area contributed by atoms with Gasteiger partial charge in [0.05, 0.1) is 0 Å². The molecule has 0 fully saturated rings. The van der Waals surface area contributed by atoms with Crippen molar-refractivity contribution >= 4 is 0 Å². The maximum Gasteiger partial charge on any atom is 0.411 e. The lowest BCUT2D eigenvalue weighted by atomic mass is 10.5. The van der Waals surface area contributed by atoms with E-state index in [1.165, 1.54) is 6.92 Å². The van der Waals surface area contributed by atoms with Gasteiger partial charge in [-0.25, -0.2) is 4.39 Å². The van der Waals surface area contributed by atoms with E-state index in [1.54, 1.807) is 0 Å². The van der Waals surface area contributed by atoms with Crippen LogP contribution in [0.5, 0.6) is 0 Å². The van der Waals surface area contributed by atoms with Crippen molar-refractivity contribution in [3.63, 3.8) is 0 Å². The van der Waals surface area contributed by atoms with Crippen LogP contribution >= 0.6 is 0 Å². The molecule has 10 heavy (non-hydrogen) atoms. The Hall–Kier alpha value is -0.320. The van der Waals surface area contributed by atoms with Crippen molar-refractivity contribution < 1.29 is 22.3 Å². The van der Waals surface area contributed by atoms with Crippen molar-refractivity contribution in [1.82, 2.24) is 0 Å². The Morgan fingerprint density at radius 2 is 1.90 bits per heavy atom. The van der Waals surface area contributed by atoms with E-state index in [0.29, 0.717) is 0 Å². The van der Waals surface area contributed by atoms with Crippen LogP contribution in [0.3, 0.4) is 0 Å². The first-order chi connectivity index (χ1) is 4.45. The second-order valence-corrected chi connectivity index (χ2v) is 1.74. The van der Waals surface area contributed by atoms with Crippen molar-refractivity contribution in [2.75, 3.05) is 6.61 Å². The third-order valence-electron chi connectivity index (χ3n) is 0.749. The summed E-state index contributed by atoms with van der Waals surface area (Å²) in [6, 6.07) is 0. The summed E-state index contributed by atoms with van der Waals surface area (Å²) in [7, 11) is 0. The molecule has 0 saturated carbocycles. The molecule has 0 aromatic carbocycles. The van der Waals surface area contributed by atoms with Gasteiger partial charge in [-0.05, 0) is 0 Å². The highest BCUT2D eigenvalue weighted by Gasteiger charge is 2.28. The molecular formula is C5H8F4O. The monoisotopic (exact) mass is 160 g/mol. The molecule has 0 aromatic heterocycles. The normalized spacial score (nSPS) is 15.3. The van der Waals surface area contributed by atoms with E-state index < -0.39 is 19.1 Å². The summed E-state index contributed by atoms with van der Waals surface area (Å²) in [5.74, 6) is 0. The molecule has 0 radical (unpaired) electrons. The maximum absolute atomic E-state index is 11.9. The minimum Gasteiger partial charge on any atom is -0.339 e. The van der Waals surface area contributed by atoms with Crippen LogP contribution in [0.25, 0.3) is 0 Å². The fraction of sp³-hybridized carbons (Fsp3) is 1.00. The molecule has 0 heterocycles. The number of rotatable bonds is 3. The zero-order chi connectivity index (χ0) is 8.20. The summed E-state index contributed by atoms with van der Waals surface area (Å²) in [4.78, 5) is 0. The quantitative estimate of drug-likeness (QED) is 0.575. The molecule has 0 aliphatic heterocycles. The summed E-state index contributed by atoms with van der Waals surface area (Å²) in [6.07, 6.45) is -6.29. The van der Waals surface area contributed by atoms with Gasteiger partial charge in [-0.3, -0.25) is 0 Å². The van der Waals surface area contributed by atoms with E-state index in [2.05, 4.69) is 4.74 Å². The van der Waals surface area contributed by atoms with Gasteiger partial charge in [-0.1, -0.05) is 6.92 Å². The van der Waals surface area contributed by atoms with E-state index in [1.807, 2.05) is 0 Å². The van der Waals surface area contributed by atoms with Gasteiger partial charge >= 0.3 is 6.18 Å². The van der Waals surface area contributed by atoms with Gasteiger partial charge in [-0.15, -0.1) is 0 Å². The Bertz CT molecular complexity index is 90.1. The molecule has 0 aromatic rings. The zero-order valence-electron chi connectivity index (χ0n) is 5.41. The highest BCUT2D eigenvalue weighted by atomic mass is 19.4. The highest BCUT2D eigenvalue weighted by molar-refractivity contribution is 4.46. The van der Waals surface area contributed by atoms with Crippen LogP contribution in [-0.4, -0.2) is 19.1 Å².